The number of rotatable bonds is 2. The molecule has 2 aromatic carbocycles. The molecule has 1 aliphatic rings. The molecule has 0 spiro atoms. The lowest BCUT2D eigenvalue weighted by Crippen LogP contribution is -2.30. The van der Waals surface area contributed by atoms with E-state index in [-0.39, 0.29) is 12.4 Å². The maximum absolute atomic E-state index is 14.2. The van der Waals surface area contributed by atoms with Crippen LogP contribution in [-0.4, -0.2) is 18.4 Å². The van der Waals surface area contributed by atoms with E-state index in [0.717, 1.165) is 0 Å². The maximum atomic E-state index is 14.2. The first-order chi connectivity index (χ1) is 10.1. The monoisotopic (exact) mass is 288 g/mol. The molecule has 4 nitrogen and oxygen atoms in total. The molecule has 0 radical (unpaired) electrons. The van der Waals surface area contributed by atoms with Gasteiger partial charge in [0, 0.05) is 11.1 Å². The van der Waals surface area contributed by atoms with Gasteiger partial charge in [-0.1, -0.05) is 24.3 Å². The van der Waals surface area contributed by atoms with Crippen LogP contribution < -0.4 is 5.43 Å². The molecule has 0 fully saturated rings. The Morgan fingerprint density at radius 3 is 2.38 bits per heavy atom. The van der Waals surface area contributed by atoms with E-state index in [1.807, 2.05) is 0 Å². The van der Waals surface area contributed by atoms with Crippen molar-refractivity contribution >= 4 is 11.8 Å². The van der Waals surface area contributed by atoms with Crippen LogP contribution in [0.5, 0.6) is 0 Å². The molecule has 1 amide bonds. The number of benzene rings is 2. The average molecular weight is 288 g/mol. The second-order valence-electron chi connectivity index (χ2n) is 4.45. The van der Waals surface area contributed by atoms with Gasteiger partial charge in [-0.25, -0.2) is 19.0 Å². The van der Waals surface area contributed by atoms with Crippen molar-refractivity contribution in [3.63, 3.8) is 0 Å². The lowest BCUT2D eigenvalue weighted by Gasteiger charge is -2.14. The van der Waals surface area contributed by atoms with Crippen LogP contribution in [0.2, 0.25) is 0 Å². The molecule has 0 saturated carbocycles. The van der Waals surface area contributed by atoms with Gasteiger partial charge in [0.05, 0.1) is 0 Å². The Morgan fingerprint density at radius 2 is 1.76 bits per heavy atom. The Balaban J connectivity index is 1.93. The van der Waals surface area contributed by atoms with Crippen molar-refractivity contribution < 1.29 is 18.3 Å². The van der Waals surface area contributed by atoms with Crippen molar-refractivity contribution in [1.29, 1.82) is 0 Å². The number of hydrogen-bond acceptors (Lipinski definition) is 3. The number of nitrogens with one attached hydrogen (secondary N) is 1. The average Bonchev–Trinajstić information content (AvgIpc) is 2.49. The minimum absolute atomic E-state index is 0.0127. The summed E-state index contributed by atoms with van der Waals surface area (Å²) in [6.07, 6.45) is -0.637. The zero-order chi connectivity index (χ0) is 14.8. The van der Waals surface area contributed by atoms with Crippen molar-refractivity contribution in [3.05, 3.63) is 59.7 Å². The molecule has 21 heavy (non-hydrogen) atoms. The number of amides is 1. The highest BCUT2D eigenvalue weighted by atomic mass is 19.1. The van der Waals surface area contributed by atoms with Crippen LogP contribution in [0.3, 0.4) is 0 Å². The zero-order valence-electron chi connectivity index (χ0n) is 10.8. The minimum Gasteiger partial charge on any atom is -0.442 e. The van der Waals surface area contributed by atoms with Gasteiger partial charge in [-0.3, -0.25) is 0 Å². The van der Waals surface area contributed by atoms with Crippen LogP contribution in [0, 0.1) is 11.6 Å². The summed E-state index contributed by atoms with van der Waals surface area (Å²) < 4.78 is 31.8. The molecular formula is C15H10F2N2O2. The van der Waals surface area contributed by atoms with Crippen LogP contribution >= 0.6 is 0 Å². The van der Waals surface area contributed by atoms with Gasteiger partial charge < -0.3 is 4.74 Å². The zero-order valence-corrected chi connectivity index (χ0v) is 10.8. The Morgan fingerprint density at radius 1 is 1.05 bits per heavy atom. The number of halogens is 2. The summed E-state index contributed by atoms with van der Waals surface area (Å²) >= 11 is 0. The number of carbonyl (C=O) groups excluding carboxylic acids is 1. The van der Waals surface area contributed by atoms with E-state index in [1.165, 1.54) is 30.3 Å². The smallest absolute Gasteiger partial charge is 0.428 e. The first-order valence-corrected chi connectivity index (χ1v) is 6.19. The van der Waals surface area contributed by atoms with Gasteiger partial charge in [0.2, 0.25) is 0 Å². The highest BCUT2D eigenvalue weighted by molar-refractivity contribution is 6.03. The van der Waals surface area contributed by atoms with Crippen LogP contribution in [0.25, 0.3) is 11.1 Å². The van der Waals surface area contributed by atoms with Gasteiger partial charge in [-0.2, -0.15) is 5.10 Å². The molecule has 1 N–H and O–H groups in total. The summed E-state index contributed by atoms with van der Waals surface area (Å²) in [7, 11) is 0. The van der Waals surface area contributed by atoms with Gasteiger partial charge in [0.25, 0.3) is 0 Å². The molecule has 2 aromatic rings. The van der Waals surface area contributed by atoms with E-state index in [1.54, 1.807) is 12.1 Å². The molecule has 6 heteroatoms. The van der Waals surface area contributed by atoms with Crippen LogP contribution in [0.4, 0.5) is 13.6 Å². The highest BCUT2D eigenvalue weighted by Gasteiger charge is 2.15. The number of cyclic esters (lactones) is 1. The molecule has 0 atom stereocenters. The molecule has 106 valence electrons. The van der Waals surface area contributed by atoms with Crippen molar-refractivity contribution in [1.82, 2.24) is 5.43 Å². The van der Waals surface area contributed by atoms with Crippen LogP contribution in [0.15, 0.2) is 47.6 Å². The van der Waals surface area contributed by atoms with Crippen molar-refractivity contribution in [3.8, 4) is 11.1 Å². The third-order valence-electron chi connectivity index (χ3n) is 3.08. The standard InChI is InChI=1S/C15H10F2N2O2/c16-11-4-1-9(2-5-11)12-6-3-10(7-13(12)17)14-8-21-15(20)19-18-14/h1-7H,8H2,(H,19,20). The number of nitrogens with zero attached hydrogens (tertiary/aromatic N) is 1. The van der Waals surface area contributed by atoms with E-state index in [9.17, 15) is 13.6 Å². The largest absolute Gasteiger partial charge is 0.442 e. The van der Waals surface area contributed by atoms with E-state index in [4.69, 9.17) is 4.74 Å². The van der Waals surface area contributed by atoms with E-state index in [0.29, 0.717) is 22.4 Å². The summed E-state index contributed by atoms with van der Waals surface area (Å²) in [5.74, 6) is -0.834. The molecule has 0 aromatic heterocycles. The molecule has 0 aliphatic carbocycles. The lowest BCUT2D eigenvalue weighted by atomic mass is 10.0. The second kappa shape index (κ2) is 5.32. The highest BCUT2D eigenvalue weighted by Crippen LogP contribution is 2.24. The number of hydrazone groups is 1. The molecule has 1 heterocycles. The first-order valence-electron chi connectivity index (χ1n) is 6.19. The maximum Gasteiger partial charge on any atom is 0.428 e. The Labute approximate surface area is 119 Å². The lowest BCUT2D eigenvalue weighted by molar-refractivity contribution is 0.157. The molecular weight excluding hydrogens is 278 g/mol. The Kier molecular flexibility index (Phi) is 3.35. The summed E-state index contributed by atoms with van der Waals surface area (Å²) in [6, 6.07) is 10.1. The summed E-state index contributed by atoms with van der Waals surface area (Å²) in [4.78, 5) is 10.8. The Bertz CT molecular complexity index is 727. The summed E-state index contributed by atoms with van der Waals surface area (Å²) in [5, 5.41) is 3.81. The van der Waals surface area contributed by atoms with Crippen LogP contribution in [-0.2, 0) is 4.74 Å². The predicted molar refractivity (Wildman–Crippen MR) is 72.8 cm³/mol. The summed E-state index contributed by atoms with van der Waals surface area (Å²) in [5.41, 5.74) is 4.05. The topological polar surface area (TPSA) is 50.7 Å². The van der Waals surface area contributed by atoms with E-state index >= 15 is 0 Å². The van der Waals surface area contributed by atoms with Crippen molar-refractivity contribution in [2.24, 2.45) is 5.10 Å². The molecule has 1 aliphatic heterocycles. The van der Waals surface area contributed by atoms with Gasteiger partial charge in [0.15, 0.2) is 0 Å². The van der Waals surface area contributed by atoms with Gasteiger partial charge in [-0.05, 0) is 23.8 Å². The van der Waals surface area contributed by atoms with Crippen molar-refractivity contribution in [2.45, 2.75) is 0 Å². The fraction of sp³-hybridized carbons (Fsp3) is 0.0667. The first kappa shape index (κ1) is 13.2. The molecule has 0 saturated heterocycles. The normalized spacial score (nSPS) is 14.2. The van der Waals surface area contributed by atoms with Gasteiger partial charge in [-0.15, -0.1) is 0 Å². The van der Waals surface area contributed by atoms with Gasteiger partial charge >= 0.3 is 6.09 Å². The quantitative estimate of drug-likeness (QED) is 0.923. The second-order valence-corrected chi connectivity index (χ2v) is 4.45. The summed E-state index contributed by atoms with van der Waals surface area (Å²) in [6.45, 7) is -0.0127. The predicted octanol–water partition coefficient (Wildman–Crippen LogP) is 3.08. The Hall–Kier alpha value is -2.76. The minimum atomic E-state index is -0.637. The van der Waals surface area contributed by atoms with Crippen LogP contribution in [0.1, 0.15) is 5.56 Å². The molecule has 0 unspecified atom stereocenters. The fourth-order valence-electron chi connectivity index (χ4n) is 2.02. The van der Waals surface area contributed by atoms with Crippen molar-refractivity contribution in [2.75, 3.05) is 6.61 Å². The van der Waals surface area contributed by atoms with E-state index in [2.05, 4.69) is 10.5 Å². The number of hydrogen-bond donors (Lipinski definition) is 1. The van der Waals surface area contributed by atoms with Gasteiger partial charge in [0.1, 0.15) is 24.0 Å². The molecule has 0 bridgehead atoms. The van der Waals surface area contributed by atoms with E-state index < -0.39 is 11.9 Å². The number of carbonyl (C=O) groups is 1. The number of ether oxygens (including phenoxy) is 1. The molecule has 3 rings (SSSR count). The third-order valence-corrected chi connectivity index (χ3v) is 3.08. The fourth-order valence-corrected chi connectivity index (χ4v) is 2.02. The SMILES string of the molecule is O=C1NN=C(c2ccc(-c3ccc(F)cc3)c(F)c2)CO1. The third kappa shape index (κ3) is 2.74.